The fraction of sp³-hybridized carbons (Fsp3) is 0.450. The minimum atomic E-state index is -4.76. The van der Waals surface area contributed by atoms with E-state index < -0.39 is 6.36 Å². The summed E-state index contributed by atoms with van der Waals surface area (Å²) in [7, 11) is 1.80. The fourth-order valence-electron chi connectivity index (χ4n) is 3.40. The number of carbonyl (C=O) groups is 1. The highest BCUT2D eigenvalue weighted by atomic mass is 35.5. The molecule has 7 nitrogen and oxygen atoms in total. The van der Waals surface area contributed by atoms with E-state index in [1.807, 2.05) is 13.0 Å². The number of hydrogen-bond donors (Lipinski definition) is 3. The van der Waals surface area contributed by atoms with Gasteiger partial charge in [0.25, 0.3) is 5.91 Å². The standard InChI is InChI=1S/C20H24F3N5O2.ClH/c1-12-11-17(24-2)28-19(25-12)27-15-7-5-14(6-8-15)26-18(29)13-3-9-16(10-4-13)30-20(21,22)23;/h3-4,9-11,14-15H,5-8H2,1-2H3,(H,26,29)(H2,24,25,27,28);1H. The molecule has 1 fully saturated rings. The minimum absolute atomic E-state index is 0. The number of amides is 1. The number of hydrogen-bond acceptors (Lipinski definition) is 6. The van der Waals surface area contributed by atoms with Gasteiger partial charge < -0.3 is 20.7 Å². The molecule has 0 aliphatic heterocycles. The van der Waals surface area contributed by atoms with E-state index in [1.54, 1.807) is 7.05 Å². The van der Waals surface area contributed by atoms with Crippen molar-refractivity contribution in [1.82, 2.24) is 15.3 Å². The van der Waals surface area contributed by atoms with Crippen LogP contribution in [0.25, 0.3) is 0 Å². The molecule has 11 heteroatoms. The van der Waals surface area contributed by atoms with Crippen LogP contribution in [0.5, 0.6) is 5.75 Å². The molecule has 3 rings (SSSR count). The molecular formula is C20H25ClF3N5O2. The van der Waals surface area contributed by atoms with Gasteiger partial charge in [-0.1, -0.05) is 0 Å². The predicted octanol–water partition coefficient (Wildman–Crippen LogP) is 4.30. The Labute approximate surface area is 184 Å². The number of aryl methyl sites for hydroxylation is 1. The number of nitrogens with one attached hydrogen (secondary N) is 3. The Kier molecular flexibility index (Phi) is 8.32. The second-order valence-electron chi connectivity index (χ2n) is 7.21. The quantitative estimate of drug-likeness (QED) is 0.597. The maximum atomic E-state index is 12.4. The lowest BCUT2D eigenvalue weighted by Gasteiger charge is -2.29. The van der Waals surface area contributed by atoms with Crippen LogP contribution in [-0.2, 0) is 0 Å². The van der Waals surface area contributed by atoms with E-state index in [-0.39, 0.29) is 41.7 Å². The van der Waals surface area contributed by atoms with Crippen molar-refractivity contribution in [2.45, 2.75) is 51.1 Å². The predicted molar refractivity (Wildman–Crippen MR) is 114 cm³/mol. The van der Waals surface area contributed by atoms with Crippen molar-refractivity contribution in [2.24, 2.45) is 0 Å². The maximum Gasteiger partial charge on any atom is 0.573 e. The van der Waals surface area contributed by atoms with Crippen molar-refractivity contribution >= 4 is 30.1 Å². The molecule has 2 aromatic rings. The highest BCUT2D eigenvalue weighted by Crippen LogP contribution is 2.24. The molecule has 31 heavy (non-hydrogen) atoms. The molecule has 1 aliphatic carbocycles. The molecule has 1 aliphatic rings. The Morgan fingerprint density at radius 3 is 2.26 bits per heavy atom. The number of aromatic nitrogens is 2. The zero-order valence-corrected chi connectivity index (χ0v) is 17.9. The van der Waals surface area contributed by atoms with Crippen molar-refractivity contribution in [3.05, 3.63) is 41.6 Å². The van der Waals surface area contributed by atoms with Crippen LogP contribution in [0.3, 0.4) is 0 Å². The number of anilines is 2. The van der Waals surface area contributed by atoms with Gasteiger partial charge in [0.15, 0.2) is 0 Å². The van der Waals surface area contributed by atoms with Gasteiger partial charge in [-0.15, -0.1) is 25.6 Å². The van der Waals surface area contributed by atoms with E-state index in [0.29, 0.717) is 5.95 Å². The van der Waals surface area contributed by atoms with Crippen molar-refractivity contribution < 1.29 is 22.7 Å². The summed E-state index contributed by atoms with van der Waals surface area (Å²) in [6, 6.07) is 6.97. The number of alkyl halides is 3. The molecule has 1 aromatic carbocycles. The third-order valence-corrected chi connectivity index (χ3v) is 4.86. The smallest absolute Gasteiger partial charge is 0.406 e. The first-order chi connectivity index (χ1) is 14.2. The van der Waals surface area contributed by atoms with Crippen molar-refractivity contribution in [3.63, 3.8) is 0 Å². The molecule has 1 saturated carbocycles. The number of benzene rings is 1. The molecule has 1 aromatic heterocycles. The van der Waals surface area contributed by atoms with Gasteiger partial charge in [-0.25, -0.2) is 4.98 Å². The lowest BCUT2D eigenvalue weighted by atomic mass is 9.91. The van der Waals surface area contributed by atoms with E-state index >= 15 is 0 Å². The number of nitrogens with zero attached hydrogens (tertiary/aromatic N) is 2. The third kappa shape index (κ3) is 7.46. The van der Waals surface area contributed by atoms with E-state index in [9.17, 15) is 18.0 Å². The monoisotopic (exact) mass is 459 g/mol. The topological polar surface area (TPSA) is 88.2 Å². The van der Waals surface area contributed by atoms with E-state index in [2.05, 4.69) is 30.7 Å². The maximum absolute atomic E-state index is 12.4. The van der Waals surface area contributed by atoms with E-state index in [1.165, 1.54) is 12.1 Å². The summed E-state index contributed by atoms with van der Waals surface area (Å²) in [5.74, 6) is 0.654. The zero-order valence-electron chi connectivity index (χ0n) is 17.1. The van der Waals surface area contributed by atoms with Gasteiger partial charge in [0.2, 0.25) is 5.95 Å². The van der Waals surface area contributed by atoms with Crippen LogP contribution in [0.1, 0.15) is 41.7 Å². The van der Waals surface area contributed by atoms with Crippen molar-refractivity contribution in [1.29, 1.82) is 0 Å². The second kappa shape index (κ2) is 10.5. The van der Waals surface area contributed by atoms with Crippen LogP contribution in [0, 0.1) is 6.92 Å². The van der Waals surface area contributed by atoms with Crippen molar-refractivity contribution in [3.8, 4) is 5.75 Å². The van der Waals surface area contributed by atoms with E-state index in [4.69, 9.17) is 0 Å². The average molecular weight is 460 g/mol. The normalized spacial score (nSPS) is 18.5. The molecule has 0 saturated heterocycles. The first kappa shape index (κ1) is 24.5. The Hall–Kier alpha value is -2.75. The Morgan fingerprint density at radius 2 is 1.68 bits per heavy atom. The molecule has 0 unspecified atom stereocenters. The zero-order chi connectivity index (χ0) is 21.7. The highest BCUT2D eigenvalue weighted by molar-refractivity contribution is 5.94. The fourth-order valence-corrected chi connectivity index (χ4v) is 3.40. The summed E-state index contributed by atoms with van der Waals surface area (Å²) >= 11 is 0. The van der Waals surface area contributed by atoms with Crippen LogP contribution < -0.4 is 20.7 Å². The Balaban J connectivity index is 0.00000341. The van der Waals surface area contributed by atoms with Crippen LogP contribution in [0.2, 0.25) is 0 Å². The Bertz CT molecular complexity index is 872. The summed E-state index contributed by atoms with van der Waals surface area (Å²) in [6.07, 6.45) is -1.51. The van der Waals surface area contributed by atoms with Gasteiger partial charge in [-0.3, -0.25) is 4.79 Å². The summed E-state index contributed by atoms with van der Waals surface area (Å²) < 4.78 is 40.5. The highest BCUT2D eigenvalue weighted by Gasteiger charge is 2.31. The van der Waals surface area contributed by atoms with Gasteiger partial charge in [-0.2, -0.15) is 4.98 Å². The van der Waals surface area contributed by atoms with Crippen molar-refractivity contribution in [2.75, 3.05) is 17.7 Å². The summed E-state index contributed by atoms with van der Waals surface area (Å²) in [4.78, 5) is 21.2. The number of rotatable bonds is 6. The van der Waals surface area contributed by atoms with Gasteiger partial charge in [0.05, 0.1) is 0 Å². The molecule has 3 N–H and O–H groups in total. The number of ether oxygens (including phenoxy) is 1. The molecule has 0 radical (unpaired) electrons. The summed E-state index contributed by atoms with van der Waals surface area (Å²) in [5, 5.41) is 9.29. The van der Waals surface area contributed by atoms with Gasteiger partial charge in [-0.05, 0) is 56.9 Å². The molecular weight excluding hydrogens is 435 g/mol. The van der Waals surface area contributed by atoms with Gasteiger partial charge >= 0.3 is 6.36 Å². The lowest BCUT2D eigenvalue weighted by Crippen LogP contribution is -2.40. The molecule has 1 heterocycles. The molecule has 170 valence electrons. The summed E-state index contributed by atoms with van der Waals surface area (Å²) in [6.45, 7) is 1.90. The molecule has 0 bridgehead atoms. The van der Waals surface area contributed by atoms with E-state index in [0.717, 1.165) is 49.3 Å². The minimum Gasteiger partial charge on any atom is -0.406 e. The first-order valence-electron chi connectivity index (χ1n) is 9.68. The largest absolute Gasteiger partial charge is 0.573 e. The lowest BCUT2D eigenvalue weighted by molar-refractivity contribution is -0.274. The molecule has 0 spiro atoms. The Morgan fingerprint density at radius 1 is 1.06 bits per heavy atom. The number of halogens is 4. The molecule has 1 amide bonds. The van der Waals surface area contributed by atoms with Gasteiger partial charge in [0.1, 0.15) is 11.6 Å². The van der Waals surface area contributed by atoms with Crippen LogP contribution >= 0.6 is 12.4 Å². The van der Waals surface area contributed by atoms with Crippen LogP contribution in [0.4, 0.5) is 24.9 Å². The van der Waals surface area contributed by atoms with Crippen LogP contribution in [0.15, 0.2) is 30.3 Å². The van der Waals surface area contributed by atoms with Crippen LogP contribution in [-0.4, -0.2) is 41.4 Å². The number of carbonyl (C=O) groups excluding carboxylic acids is 1. The first-order valence-corrected chi connectivity index (χ1v) is 9.68. The average Bonchev–Trinajstić information content (AvgIpc) is 2.68. The second-order valence-corrected chi connectivity index (χ2v) is 7.21. The van der Waals surface area contributed by atoms with Gasteiger partial charge in [0, 0.05) is 36.5 Å². The molecule has 0 atom stereocenters. The third-order valence-electron chi connectivity index (χ3n) is 4.86. The summed E-state index contributed by atoms with van der Waals surface area (Å²) in [5.41, 5.74) is 1.15. The SMILES string of the molecule is CNc1cc(C)nc(NC2CCC(NC(=O)c3ccc(OC(F)(F)F)cc3)CC2)n1.Cl.